The van der Waals surface area contributed by atoms with Crippen LogP contribution in [0.1, 0.15) is 24.2 Å². The van der Waals surface area contributed by atoms with Crippen molar-refractivity contribution in [1.82, 2.24) is 0 Å². The first-order valence-electron chi connectivity index (χ1n) is 4.89. The van der Waals surface area contributed by atoms with Gasteiger partial charge in [0.2, 0.25) is 10.0 Å². The SMILES string of the molecule is CC(C)S(=O)(=O)Nc1cc(F)c(C(=O)O)c(F)c1. The fourth-order valence-electron chi connectivity index (χ4n) is 1.12. The Hall–Kier alpha value is -1.70. The molecule has 5 nitrogen and oxygen atoms in total. The molecule has 0 bridgehead atoms. The molecule has 0 spiro atoms. The zero-order chi connectivity index (χ0) is 14.1. The highest BCUT2D eigenvalue weighted by Gasteiger charge is 2.21. The van der Waals surface area contributed by atoms with E-state index in [2.05, 4.69) is 0 Å². The second-order valence-corrected chi connectivity index (χ2v) is 6.05. The van der Waals surface area contributed by atoms with Gasteiger partial charge in [0.05, 0.1) is 10.9 Å². The summed E-state index contributed by atoms with van der Waals surface area (Å²) in [7, 11) is -3.75. The Morgan fingerprint density at radius 1 is 1.28 bits per heavy atom. The monoisotopic (exact) mass is 279 g/mol. The fourth-order valence-corrected chi connectivity index (χ4v) is 1.80. The van der Waals surface area contributed by atoms with Crippen LogP contribution in [-0.2, 0) is 10.0 Å². The Morgan fingerprint density at radius 2 is 1.72 bits per heavy atom. The largest absolute Gasteiger partial charge is 0.477 e. The summed E-state index contributed by atoms with van der Waals surface area (Å²) in [5.74, 6) is -4.45. The second kappa shape index (κ2) is 4.89. The quantitative estimate of drug-likeness (QED) is 0.880. The number of benzene rings is 1. The molecule has 0 unspecified atom stereocenters. The van der Waals surface area contributed by atoms with Gasteiger partial charge in [-0.25, -0.2) is 22.0 Å². The van der Waals surface area contributed by atoms with Gasteiger partial charge in [-0.2, -0.15) is 0 Å². The summed E-state index contributed by atoms with van der Waals surface area (Å²) in [5, 5.41) is 7.75. The van der Waals surface area contributed by atoms with E-state index in [1.807, 2.05) is 4.72 Å². The highest BCUT2D eigenvalue weighted by molar-refractivity contribution is 7.93. The first-order valence-corrected chi connectivity index (χ1v) is 6.43. The number of halogens is 2. The van der Waals surface area contributed by atoms with Crippen molar-refractivity contribution in [1.29, 1.82) is 0 Å². The van der Waals surface area contributed by atoms with Crippen molar-refractivity contribution in [2.24, 2.45) is 0 Å². The van der Waals surface area contributed by atoms with E-state index in [1.165, 1.54) is 13.8 Å². The Kier molecular flexibility index (Phi) is 3.90. The van der Waals surface area contributed by atoms with Crippen molar-refractivity contribution in [2.45, 2.75) is 19.1 Å². The average Bonchev–Trinajstić information content (AvgIpc) is 2.13. The van der Waals surface area contributed by atoms with Crippen LogP contribution in [0.15, 0.2) is 12.1 Å². The normalized spacial score (nSPS) is 11.6. The van der Waals surface area contributed by atoms with Gasteiger partial charge in [-0.15, -0.1) is 0 Å². The van der Waals surface area contributed by atoms with E-state index in [0.29, 0.717) is 12.1 Å². The maximum absolute atomic E-state index is 13.3. The summed E-state index contributed by atoms with van der Waals surface area (Å²) in [4.78, 5) is 10.5. The maximum Gasteiger partial charge on any atom is 0.341 e. The van der Waals surface area contributed by atoms with Crippen LogP contribution in [0.2, 0.25) is 0 Å². The van der Waals surface area contributed by atoms with Crippen LogP contribution in [0.4, 0.5) is 14.5 Å². The second-order valence-electron chi connectivity index (χ2n) is 3.82. The summed E-state index contributed by atoms with van der Waals surface area (Å²) in [6, 6.07) is 1.24. The number of sulfonamides is 1. The lowest BCUT2D eigenvalue weighted by Crippen LogP contribution is -2.22. The third kappa shape index (κ3) is 2.95. The van der Waals surface area contributed by atoms with Crippen molar-refractivity contribution >= 4 is 21.7 Å². The predicted molar refractivity (Wildman–Crippen MR) is 61.0 cm³/mol. The summed E-state index contributed by atoms with van der Waals surface area (Å²) in [6.45, 7) is 2.78. The Labute approximate surface area is 102 Å². The minimum Gasteiger partial charge on any atom is -0.477 e. The number of carboxylic acid groups (broad SMARTS) is 1. The van der Waals surface area contributed by atoms with E-state index in [4.69, 9.17) is 5.11 Å². The molecule has 0 aliphatic heterocycles. The smallest absolute Gasteiger partial charge is 0.341 e. The van der Waals surface area contributed by atoms with E-state index in [9.17, 15) is 22.0 Å². The molecule has 0 aliphatic rings. The van der Waals surface area contributed by atoms with Gasteiger partial charge in [-0.3, -0.25) is 4.72 Å². The van der Waals surface area contributed by atoms with Crippen molar-refractivity contribution in [3.63, 3.8) is 0 Å². The molecule has 0 fully saturated rings. The Bertz CT molecular complexity index is 561. The van der Waals surface area contributed by atoms with Gasteiger partial charge in [-0.05, 0) is 26.0 Å². The van der Waals surface area contributed by atoms with Gasteiger partial charge in [0.1, 0.15) is 17.2 Å². The number of carbonyl (C=O) groups is 1. The van der Waals surface area contributed by atoms with Crippen LogP contribution in [0.3, 0.4) is 0 Å². The van der Waals surface area contributed by atoms with Gasteiger partial charge < -0.3 is 5.11 Å². The molecular formula is C10H11F2NO4S. The van der Waals surface area contributed by atoms with Crippen molar-refractivity contribution in [3.05, 3.63) is 29.3 Å². The fraction of sp³-hybridized carbons (Fsp3) is 0.300. The molecule has 0 amide bonds. The number of hydrogen-bond acceptors (Lipinski definition) is 3. The molecule has 1 rings (SSSR count). The van der Waals surface area contributed by atoms with E-state index >= 15 is 0 Å². The molecular weight excluding hydrogens is 268 g/mol. The third-order valence-electron chi connectivity index (χ3n) is 2.14. The van der Waals surface area contributed by atoms with Gasteiger partial charge in [-0.1, -0.05) is 0 Å². The maximum atomic E-state index is 13.3. The molecule has 18 heavy (non-hydrogen) atoms. The number of carboxylic acids is 1. The summed E-state index contributed by atoms with van der Waals surface area (Å²) in [5.41, 5.74) is -1.48. The number of hydrogen-bond donors (Lipinski definition) is 2. The summed E-state index contributed by atoms with van der Waals surface area (Å²) >= 11 is 0. The van der Waals surface area contributed by atoms with Crippen molar-refractivity contribution < 1.29 is 27.1 Å². The van der Waals surface area contributed by atoms with Crippen LogP contribution >= 0.6 is 0 Å². The van der Waals surface area contributed by atoms with Gasteiger partial charge in [0.15, 0.2) is 0 Å². The van der Waals surface area contributed by atoms with Gasteiger partial charge in [0, 0.05) is 0 Å². The van der Waals surface area contributed by atoms with E-state index in [-0.39, 0.29) is 5.69 Å². The number of nitrogens with one attached hydrogen (secondary N) is 1. The lowest BCUT2D eigenvalue weighted by atomic mass is 10.2. The Morgan fingerprint density at radius 3 is 2.06 bits per heavy atom. The van der Waals surface area contributed by atoms with Crippen LogP contribution in [0.5, 0.6) is 0 Å². The minimum atomic E-state index is -3.75. The van der Waals surface area contributed by atoms with Crippen LogP contribution in [-0.4, -0.2) is 24.7 Å². The molecule has 0 radical (unpaired) electrons. The highest BCUT2D eigenvalue weighted by atomic mass is 32.2. The minimum absolute atomic E-state index is 0.358. The molecule has 2 N–H and O–H groups in total. The molecule has 1 aromatic carbocycles. The van der Waals surface area contributed by atoms with Gasteiger partial charge >= 0.3 is 5.97 Å². The van der Waals surface area contributed by atoms with E-state index in [0.717, 1.165) is 0 Å². The van der Waals surface area contributed by atoms with Crippen LogP contribution in [0.25, 0.3) is 0 Å². The van der Waals surface area contributed by atoms with Gasteiger partial charge in [0.25, 0.3) is 0 Å². The van der Waals surface area contributed by atoms with Crippen LogP contribution < -0.4 is 4.72 Å². The topological polar surface area (TPSA) is 83.5 Å². The van der Waals surface area contributed by atoms with E-state index in [1.54, 1.807) is 0 Å². The van der Waals surface area contributed by atoms with Crippen LogP contribution in [0, 0.1) is 11.6 Å². The molecule has 0 heterocycles. The Balaban J connectivity index is 3.20. The predicted octanol–water partition coefficient (Wildman–Crippen LogP) is 1.81. The molecule has 0 aromatic heterocycles. The lowest BCUT2D eigenvalue weighted by molar-refractivity contribution is 0.0686. The highest BCUT2D eigenvalue weighted by Crippen LogP contribution is 2.20. The first-order chi connectivity index (χ1) is 8.15. The zero-order valence-electron chi connectivity index (χ0n) is 9.57. The molecule has 8 heteroatoms. The first kappa shape index (κ1) is 14.4. The van der Waals surface area contributed by atoms with Crippen molar-refractivity contribution in [2.75, 3.05) is 4.72 Å². The molecule has 0 aliphatic carbocycles. The average molecular weight is 279 g/mol. The molecule has 1 aromatic rings. The molecule has 0 saturated heterocycles. The number of anilines is 1. The lowest BCUT2D eigenvalue weighted by Gasteiger charge is -2.11. The van der Waals surface area contributed by atoms with Crippen molar-refractivity contribution in [3.8, 4) is 0 Å². The standard InChI is InChI=1S/C10H11F2NO4S/c1-5(2)18(16,17)13-6-3-7(11)9(10(14)15)8(12)4-6/h3-5,13H,1-2H3,(H,14,15). The molecule has 0 atom stereocenters. The summed E-state index contributed by atoms with van der Waals surface area (Å²) < 4.78 is 51.5. The summed E-state index contributed by atoms with van der Waals surface area (Å²) in [6.07, 6.45) is 0. The molecule has 100 valence electrons. The number of rotatable bonds is 4. The number of aromatic carboxylic acids is 1. The van der Waals surface area contributed by atoms with E-state index < -0.39 is 38.4 Å². The third-order valence-corrected chi connectivity index (χ3v) is 3.90. The zero-order valence-corrected chi connectivity index (χ0v) is 10.4. The molecule has 0 saturated carbocycles.